The lowest BCUT2D eigenvalue weighted by atomic mass is 9.69. The minimum Gasteiger partial charge on any atom is -0.0602 e. The van der Waals surface area contributed by atoms with Gasteiger partial charge in [-0.1, -0.05) is 90.3 Å². The molecule has 0 saturated heterocycles. The second-order valence-corrected chi connectivity index (χ2v) is 10.3. The minimum atomic E-state index is 0.453. The molecule has 0 unspecified atom stereocenters. The summed E-state index contributed by atoms with van der Waals surface area (Å²) in [6.07, 6.45) is 2.61. The maximum Gasteiger partial charge on any atom is -0.0344 e. The monoisotopic (exact) mass is 304 g/mol. The van der Waals surface area contributed by atoms with Crippen LogP contribution in [-0.2, 0) is 0 Å². The van der Waals surface area contributed by atoms with E-state index in [1.807, 2.05) is 0 Å². The summed E-state index contributed by atoms with van der Waals surface area (Å²) in [5, 5.41) is 0. The van der Waals surface area contributed by atoms with Gasteiger partial charge in [0, 0.05) is 0 Å². The van der Waals surface area contributed by atoms with Crippen molar-refractivity contribution in [2.45, 2.75) is 89.0 Å². The van der Waals surface area contributed by atoms with Crippen LogP contribution in [0.15, 0.2) is 18.2 Å². The van der Waals surface area contributed by atoms with Crippen LogP contribution in [0, 0.1) is 37.0 Å². The van der Waals surface area contributed by atoms with Crippen LogP contribution >= 0.6 is 0 Å². The van der Waals surface area contributed by atoms with Crippen molar-refractivity contribution in [3.8, 4) is 0 Å². The molecule has 1 aromatic carbocycles. The zero-order valence-electron chi connectivity index (χ0n) is 17.1. The molecule has 1 aromatic rings. The maximum absolute atomic E-state index is 2.39. The molecule has 0 N–H and O–H groups in total. The summed E-state index contributed by atoms with van der Waals surface area (Å²) in [6, 6.07) is 6.56. The lowest BCUT2D eigenvalue weighted by molar-refractivity contribution is 0.143. The fourth-order valence-corrected chi connectivity index (χ4v) is 4.14. The molecule has 0 atom stereocenters. The van der Waals surface area contributed by atoms with Gasteiger partial charge in [0.25, 0.3) is 0 Å². The maximum atomic E-state index is 2.39. The quantitative estimate of drug-likeness (QED) is 0.530. The van der Waals surface area contributed by atoms with Crippen molar-refractivity contribution in [3.63, 3.8) is 0 Å². The normalized spacial score (nSPS) is 12.7. The second-order valence-electron chi connectivity index (χ2n) is 10.3. The third-order valence-corrected chi connectivity index (χ3v) is 3.38. The number of hydrogen-bond donors (Lipinski definition) is 0. The molecule has 0 bridgehead atoms. The van der Waals surface area contributed by atoms with E-state index in [-0.39, 0.29) is 0 Å². The highest BCUT2D eigenvalue weighted by Gasteiger charge is 2.29. The first-order valence-corrected chi connectivity index (χ1v) is 8.65. The molecule has 0 nitrogen and oxygen atoms in total. The van der Waals surface area contributed by atoms with Gasteiger partial charge < -0.3 is 0 Å². The lowest BCUT2D eigenvalue weighted by Gasteiger charge is -2.37. The predicted molar refractivity (Wildman–Crippen MR) is 103 cm³/mol. The zero-order valence-corrected chi connectivity index (χ0v) is 17.1. The van der Waals surface area contributed by atoms with Crippen LogP contribution in [0.4, 0.5) is 0 Å². The first kappa shape index (κ1) is 21.2. The summed E-state index contributed by atoms with van der Waals surface area (Å²) in [6.45, 7) is 25.1. The van der Waals surface area contributed by atoms with Crippen molar-refractivity contribution >= 4 is 0 Å². The molecule has 0 aromatic heterocycles. The average molecular weight is 305 g/mol. The van der Waals surface area contributed by atoms with E-state index in [0.717, 1.165) is 0 Å². The number of aryl methyl sites for hydroxylation is 3. The highest BCUT2D eigenvalue weighted by atomic mass is 14.3. The molecule has 0 saturated carbocycles. The summed E-state index contributed by atoms with van der Waals surface area (Å²) in [5.41, 5.74) is 5.44. The van der Waals surface area contributed by atoms with Gasteiger partial charge in [-0.3, -0.25) is 0 Å². The molecule has 0 aliphatic heterocycles. The molecule has 22 heavy (non-hydrogen) atoms. The largest absolute Gasteiger partial charge is 0.0602 e. The van der Waals surface area contributed by atoms with Gasteiger partial charge in [-0.05, 0) is 49.9 Å². The summed E-state index contributed by atoms with van der Waals surface area (Å²) in [4.78, 5) is 0. The smallest absolute Gasteiger partial charge is 0.0344 e. The van der Waals surface area contributed by atoms with Crippen LogP contribution in [0.1, 0.15) is 84.9 Å². The van der Waals surface area contributed by atoms with Crippen molar-refractivity contribution in [1.29, 1.82) is 0 Å². The SMILES string of the molecule is CC(C)(C)CC(C)(C)CC(C)(C)C.Cc1cc(C)cc(C)c1. The summed E-state index contributed by atoms with van der Waals surface area (Å²) < 4.78 is 0. The van der Waals surface area contributed by atoms with Gasteiger partial charge in [0.15, 0.2) is 0 Å². The fraction of sp³-hybridized carbons (Fsp3) is 0.727. The molecule has 128 valence electrons. The molecule has 1 rings (SSSR count). The highest BCUT2D eigenvalue weighted by molar-refractivity contribution is 5.27. The Kier molecular flexibility index (Phi) is 7.39. The average Bonchev–Trinajstić information content (AvgIpc) is 2.05. The summed E-state index contributed by atoms with van der Waals surface area (Å²) in [5.74, 6) is 0. The highest BCUT2D eigenvalue weighted by Crippen LogP contribution is 2.41. The van der Waals surface area contributed by atoms with Gasteiger partial charge >= 0.3 is 0 Å². The standard InChI is InChI=1S/C13H28.C9H12/c1-11(2,3)9-13(7,8)10-12(4,5)6;1-7-4-8(2)6-9(3)5-7/h9-10H2,1-8H3;4-6H,1-3H3. The van der Waals surface area contributed by atoms with Crippen LogP contribution in [-0.4, -0.2) is 0 Å². The van der Waals surface area contributed by atoms with Crippen molar-refractivity contribution in [2.75, 3.05) is 0 Å². The van der Waals surface area contributed by atoms with E-state index in [2.05, 4.69) is 94.4 Å². The first-order chi connectivity index (χ1) is 9.60. The molecule has 0 amide bonds. The molecular formula is C22H40. The first-order valence-electron chi connectivity index (χ1n) is 8.65. The minimum absolute atomic E-state index is 0.453. The third-order valence-electron chi connectivity index (χ3n) is 3.38. The Balaban J connectivity index is 0.000000425. The van der Waals surface area contributed by atoms with Crippen molar-refractivity contribution in [2.24, 2.45) is 16.2 Å². The number of rotatable bonds is 2. The Labute approximate surface area is 140 Å². The third kappa shape index (κ3) is 11.8. The van der Waals surface area contributed by atoms with Gasteiger partial charge in [0.2, 0.25) is 0 Å². The van der Waals surface area contributed by atoms with Gasteiger partial charge in [-0.25, -0.2) is 0 Å². The number of hydrogen-bond acceptors (Lipinski definition) is 0. The Morgan fingerprint density at radius 1 is 0.545 bits per heavy atom. The van der Waals surface area contributed by atoms with E-state index >= 15 is 0 Å². The molecule has 0 radical (unpaired) electrons. The van der Waals surface area contributed by atoms with Gasteiger partial charge in [0.05, 0.1) is 0 Å². The van der Waals surface area contributed by atoms with Crippen LogP contribution in [0.5, 0.6) is 0 Å². The van der Waals surface area contributed by atoms with Crippen LogP contribution in [0.25, 0.3) is 0 Å². The Morgan fingerprint density at radius 2 is 0.773 bits per heavy atom. The van der Waals surface area contributed by atoms with Gasteiger partial charge in [-0.2, -0.15) is 0 Å². The summed E-state index contributed by atoms with van der Waals surface area (Å²) >= 11 is 0. The van der Waals surface area contributed by atoms with E-state index in [0.29, 0.717) is 16.2 Å². The Hall–Kier alpha value is -0.780. The van der Waals surface area contributed by atoms with E-state index in [1.54, 1.807) is 0 Å². The molecule has 0 heteroatoms. The van der Waals surface area contributed by atoms with E-state index in [9.17, 15) is 0 Å². The molecule has 0 fully saturated rings. The zero-order chi connectivity index (χ0) is 17.8. The van der Waals surface area contributed by atoms with E-state index in [1.165, 1.54) is 29.5 Å². The van der Waals surface area contributed by atoms with Gasteiger partial charge in [0.1, 0.15) is 0 Å². The Bertz CT molecular complexity index is 381. The van der Waals surface area contributed by atoms with Crippen LogP contribution in [0.3, 0.4) is 0 Å². The topological polar surface area (TPSA) is 0 Å². The van der Waals surface area contributed by atoms with Crippen LogP contribution in [0.2, 0.25) is 0 Å². The molecule has 0 aliphatic carbocycles. The van der Waals surface area contributed by atoms with E-state index < -0.39 is 0 Å². The van der Waals surface area contributed by atoms with Gasteiger partial charge in [-0.15, -0.1) is 0 Å². The number of benzene rings is 1. The van der Waals surface area contributed by atoms with Crippen molar-refractivity contribution < 1.29 is 0 Å². The summed E-state index contributed by atoms with van der Waals surface area (Å²) in [7, 11) is 0. The van der Waals surface area contributed by atoms with Crippen molar-refractivity contribution in [1.82, 2.24) is 0 Å². The van der Waals surface area contributed by atoms with E-state index in [4.69, 9.17) is 0 Å². The second kappa shape index (κ2) is 7.66. The molecule has 0 heterocycles. The fourth-order valence-electron chi connectivity index (χ4n) is 4.14. The predicted octanol–water partition coefficient (Wildman–Crippen LogP) is 7.50. The molecule has 0 aliphatic rings. The lowest BCUT2D eigenvalue weighted by Crippen LogP contribution is -2.25. The van der Waals surface area contributed by atoms with Crippen LogP contribution < -0.4 is 0 Å². The molecular weight excluding hydrogens is 264 g/mol. The van der Waals surface area contributed by atoms with Crippen molar-refractivity contribution in [3.05, 3.63) is 34.9 Å². The Morgan fingerprint density at radius 3 is 0.955 bits per heavy atom. The molecule has 0 spiro atoms.